The summed E-state index contributed by atoms with van der Waals surface area (Å²) >= 11 is 0. The molecule has 1 aliphatic heterocycles. The van der Waals surface area contributed by atoms with Gasteiger partial charge in [-0.05, 0) is 49.8 Å². The topological polar surface area (TPSA) is 44.5 Å². The van der Waals surface area contributed by atoms with Gasteiger partial charge in [-0.25, -0.2) is 0 Å². The van der Waals surface area contributed by atoms with Crippen molar-refractivity contribution in [2.45, 2.75) is 32.7 Å². The van der Waals surface area contributed by atoms with Crippen LogP contribution in [0.15, 0.2) is 18.2 Å². The molecule has 18 heavy (non-hydrogen) atoms. The van der Waals surface area contributed by atoms with Crippen molar-refractivity contribution >= 4 is 0 Å². The molecule has 1 aromatic rings. The second-order valence-electron chi connectivity index (χ2n) is 5.18. The molecule has 3 nitrogen and oxygen atoms in total. The molecule has 1 saturated heterocycles. The summed E-state index contributed by atoms with van der Waals surface area (Å²) in [5.74, 6) is 1.61. The molecule has 1 aromatic carbocycles. The summed E-state index contributed by atoms with van der Waals surface area (Å²) in [4.78, 5) is 0. The van der Waals surface area contributed by atoms with Gasteiger partial charge in [-0.2, -0.15) is 0 Å². The highest BCUT2D eigenvalue weighted by Crippen LogP contribution is 2.23. The molecule has 1 heterocycles. The van der Waals surface area contributed by atoms with Crippen molar-refractivity contribution in [1.29, 1.82) is 0 Å². The van der Waals surface area contributed by atoms with E-state index in [1.807, 2.05) is 13.0 Å². The van der Waals surface area contributed by atoms with Crippen molar-refractivity contribution in [3.63, 3.8) is 0 Å². The predicted octanol–water partition coefficient (Wildman–Crippen LogP) is 2.82. The van der Waals surface area contributed by atoms with Crippen molar-refractivity contribution < 1.29 is 9.47 Å². The molecule has 3 heteroatoms. The normalized spacial score (nSPS) is 18.6. The SMILES string of the molecule is Cc1cc([C@H](C)N)ccc1OCC1CCOCC1. The first kappa shape index (κ1) is 13.4. The zero-order valence-corrected chi connectivity index (χ0v) is 11.3. The summed E-state index contributed by atoms with van der Waals surface area (Å²) < 4.78 is 11.3. The van der Waals surface area contributed by atoms with E-state index in [9.17, 15) is 0 Å². The standard InChI is InChI=1S/C15H23NO2/c1-11-9-14(12(2)16)3-4-15(11)18-10-13-5-7-17-8-6-13/h3-4,9,12-13H,5-8,10,16H2,1-2H3/t12-/m0/s1. The zero-order valence-electron chi connectivity index (χ0n) is 11.3. The maximum atomic E-state index is 5.91. The quantitative estimate of drug-likeness (QED) is 0.892. The van der Waals surface area contributed by atoms with Crippen LogP contribution in [0, 0.1) is 12.8 Å². The fourth-order valence-corrected chi connectivity index (χ4v) is 2.24. The van der Waals surface area contributed by atoms with Crippen LogP contribution in [0.2, 0.25) is 0 Å². The van der Waals surface area contributed by atoms with E-state index in [-0.39, 0.29) is 6.04 Å². The van der Waals surface area contributed by atoms with Crippen LogP contribution < -0.4 is 10.5 Å². The van der Waals surface area contributed by atoms with Crippen LogP contribution in [-0.4, -0.2) is 19.8 Å². The van der Waals surface area contributed by atoms with Gasteiger partial charge in [0.2, 0.25) is 0 Å². The first-order valence-corrected chi connectivity index (χ1v) is 6.73. The molecule has 0 radical (unpaired) electrons. The van der Waals surface area contributed by atoms with Crippen LogP contribution in [-0.2, 0) is 4.74 Å². The van der Waals surface area contributed by atoms with Crippen molar-refractivity contribution in [3.8, 4) is 5.75 Å². The molecule has 2 rings (SSSR count). The molecular formula is C15H23NO2. The molecule has 0 unspecified atom stereocenters. The van der Waals surface area contributed by atoms with Crippen LogP contribution in [0.5, 0.6) is 5.75 Å². The van der Waals surface area contributed by atoms with Crippen LogP contribution in [0.3, 0.4) is 0 Å². The molecule has 100 valence electrons. The first-order valence-electron chi connectivity index (χ1n) is 6.73. The lowest BCUT2D eigenvalue weighted by Gasteiger charge is -2.22. The Morgan fingerprint density at radius 1 is 1.39 bits per heavy atom. The van der Waals surface area contributed by atoms with Gasteiger partial charge in [-0.1, -0.05) is 12.1 Å². The van der Waals surface area contributed by atoms with E-state index in [0.29, 0.717) is 5.92 Å². The Morgan fingerprint density at radius 2 is 2.11 bits per heavy atom. The summed E-state index contributed by atoms with van der Waals surface area (Å²) in [6.45, 7) is 6.61. The number of nitrogens with two attached hydrogens (primary N) is 1. The van der Waals surface area contributed by atoms with Gasteiger partial charge in [0.05, 0.1) is 6.61 Å². The van der Waals surface area contributed by atoms with Crippen molar-refractivity contribution in [1.82, 2.24) is 0 Å². The van der Waals surface area contributed by atoms with Gasteiger partial charge in [0, 0.05) is 19.3 Å². The highest BCUT2D eigenvalue weighted by molar-refractivity contribution is 5.37. The number of aryl methyl sites for hydroxylation is 1. The van der Waals surface area contributed by atoms with E-state index in [2.05, 4.69) is 19.1 Å². The molecule has 0 amide bonds. The lowest BCUT2D eigenvalue weighted by molar-refractivity contribution is 0.0496. The van der Waals surface area contributed by atoms with E-state index < -0.39 is 0 Å². The number of benzene rings is 1. The van der Waals surface area contributed by atoms with E-state index in [0.717, 1.165) is 49.5 Å². The molecule has 2 N–H and O–H groups in total. The molecule has 1 aliphatic rings. The second-order valence-corrected chi connectivity index (χ2v) is 5.18. The monoisotopic (exact) mass is 249 g/mol. The highest BCUT2D eigenvalue weighted by Gasteiger charge is 2.15. The minimum Gasteiger partial charge on any atom is -0.493 e. The molecular weight excluding hydrogens is 226 g/mol. The van der Waals surface area contributed by atoms with Gasteiger partial charge in [-0.3, -0.25) is 0 Å². The van der Waals surface area contributed by atoms with Crippen LogP contribution in [0.1, 0.15) is 36.9 Å². The van der Waals surface area contributed by atoms with Gasteiger partial charge in [0.15, 0.2) is 0 Å². The summed E-state index contributed by atoms with van der Waals surface area (Å²) in [5.41, 5.74) is 8.19. The zero-order chi connectivity index (χ0) is 13.0. The Kier molecular flexibility index (Phi) is 4.61. The third-order valence-corrected chi connectivity index (χ3v) is 3.54. The molecule has 0 spiro atoms. The molecule has 1 atom stereocenters. The summed E-state index contributed by atoms with van der Waals surface area (Å²) in [7, 11) is 0. The number of hydrogen-bond acceptors (Lipinski definition) is 3. The molecule has 0 bridgehead atoms. The first-order chi connectivity index (χ1) is 8.66. The van der Waals surface area contributed by atoms with Gasteiger partial charge in [0.25, 0.3) is 0 Å². The number of ether oxygens (including phenoxy) is 2. The average Bonchev–Trinajstić information content (AvgIpc) is 2.38. The van der Waals surface area contributed by atoms with Gasteiger partial charge < -0.3 is 15.2 Å². The molecule has 1 fully saturated rings. The largest absolute Gasteiger partial charge is 0.493 e. The Morgan fingerprint density at radius 3 is 2.72 bits per heavy atom. The highest BCUT2D eigenvalue weighted by atomic mass is 16.5. The smallest absolute Gasteiger partial charge is 0.122 e. The molecule has 0 aliphatic carbocycles. The second kappa shape index (κ2) is 6.21. The number of rotatable bonds is 4. The van der Waals surface area contributed by atoms with Gasteiger partial charge in [-0.15, -0.1) is 0 Å². The average molecular weight is 249 g/mol. The fraction of sp³-hybridized carbons (Fsp3) is 0.600. The predicted molar refractivity (Wildman–Crippen MR) is 72.8 cm³/mol. The molecule has 0 aromatic heterocycles. The Bertz CT molecular complexity index is 384. The van der Waals surface area contributed by atoms with Crippen LogP contribution in [0.4, 0.5) is 0 Å². The third kappa shape index (κ3) is 3.47. The minimum atomic E-state index is 0.0771. The summed E-state index contributed by atoms with van der Waals surface area (Å²) in [6, 6.07) is 6.28. The maximum absolute atomic E-state index is 5.91. The van der Waals surface area contributed by atoms with E-state index >= 15 is 0 Å². The van der Waals surface area contributed by atoms with Gasteiger partial charge in [0.1, 0.15) is 5.75 Å². The fourth-order valence-electron chi connectivity index (χ4n) is 2.24. The molecule has 0 saturated carbocycles. The summed E-state index contributed by atoms with van der Waals surface area (Å²) in [5, 5.41) is 0. The van der Waals surface area contributed by atoms with E-state index in [1.165, 1.54) is 0 Å². The van der Waals surface area contributed by atoms with Crippen molar-refractivity contribution in [2.75, 3.05) is 19.8 Å². The van der Waals surface area contributed by atoms with E-state index in [1.54, 1.807) is 0 Å². The lowest BCUT2D eigenvalue weighted by atomic mass is 10.0. The number of hydrogen-bond donors (Lipinski definition) is 1. The van der Waals surface area contributed by atoms with Crippen LogP contribution in [0.25, 0.3) is 0 Å². The van der Waals surface area contributed by atoms with Crippen molar-refractivity contribution in [2.24, 2.45) is 11.7 Å². The maximum Gasteiger partial charge on any atom is 0.122 e. The summed E-state index contributed by atoms with van der Waals surface area (Å²) in [6.07, 6.45) is 2.22. The Labute approximate surface area is 109 Å². The third-order valence-electron chi connectivity index (χ3n) is 3.54. The Balaban J connectivity index is 1.92. The Hall–Kier alpha value is -1.06. The van der Waals surface area contributed by atoms with Gasteiger partial charge >= 0.3 is 0 Å². The van der Waals surface area contributed by atoms with Crippen molar-refractivity contribution in [3.05, 3.63) is 29.3 Å². The lowest BCUT2D eigenvalue weighted by Crippen LogP contribution is -2.21. The minimum absolute atomic E-state index is 0.0771. The van der Waals surface area contributed by atoms with Crippen LogP contribution >= 0.6 is 0 Å². The van der Waals surface area contributed by atoms with E-state index in [4.69, 9.17) is 15.2 Å².